The summed E-state index contributed by atoms with van der Waals surface area (Å²) in [7, 11) is 1.82. The molecule has 0 aliphatic carbocycles. The van der Waals surface area contributed by atoms with Crippen molar-refractivity contribution in [3.8, 4) is 5.69 Å². The summed E-state index contributed by atoms with van der Waals surface area (Å²) in [5.41, 5.74) is 0.874. The van der Waals surface area contributed by atoms with Crippen LogP contribution >= 0.6 is 0 Å². The van der Waals surface area contributed by atoms with Gasteiger partial charge in [0, 0.05) is 26.2 Å². The smallest absolute Gasteiger partial charge is 0.203 e. The second-order valence-electron chi connectivity index (χ2n) is 2.94. The van der Waals surface area contributed by atoms with Crippen molar-refractivity contribution in [2.24, 2.45) is 7.05 Å². The van der Waals surface area contributed by atoms with E-state index < -0.39 is 0 Å². The molecule has 14 heavy (non-hydrogen) atoms. The summed E-state index contributed by atoms with van der Waals surface area (Å²) in [5.74, 6) is 0. The van der Waals surface area contributed by atoms with Gasteiger partial charge < -0.3 is 0 Å². The Kier molecular flexibility index (Phi) is 1.92. The molecule has 2 heterocycles. The summed E-state index contributed by atoms with van der Waals surface area (Å²) in [5, 5.41) is 8.00. The minimum atomic E-state index is -0.162. The lowest BCUT2D eigenvalue weighted by Crippen LogP contribution is -2.12. The first kappa shape index (κ1) is 8.68. The number of hydrogen-bond acceptors (Lipinski definition) is 3. The zero-order valence-electron chi connectivity index (χ0n) is 7.71. The van der Waals surface area contributed by atoms with E-state index in [1.165, 1.54) is 6.07 Å². The zero-order chi connectivity index (χ0) is 10.1. The molecule has 0 atom stereocenters. The van der Waals surface area contributed by atoms with Crippen molar-refractivity contribution in [1.29, 1.82) is 0 Å². The molecule has 0 amide bonds. The number of hydrogen-bond donors (Lipinski definition) is 0. The van der Waals surface area contributed by atoms with Gasteiger partial charge in [0.25, 0.3) is 0 Å². The molecule has 2 aromatic rings. The molecule has 0 aliphatic heterocycles. The molecule has 2 rings (SSSR count). The average molecular weight is 189 g/mol. The van der Waals surface area contributed by atoms with E-state index in [0.717, 1.165) is 5.69 Å². The Balaban J connectivity index is 2.52. The lowest BCUT2D eigenvalue weighted by atomic mass is 10.4. The van der Waals surface area contributed by atoms with E-state index in [2.05, 4.69) is 17.1 Å². The van der Waals surface area contributed by atoms with Crippen LogP contribution in [0, 0.1) is 6.92 Å². The molecule has 0 spiro atoms. The van der Waals surface area contributed by atoms with Crippen LogP contribution in [0.1, 0.15) is 5.69 Å². The third-order valence-corrected chi connectivity index (χ3v) is 1.84. The third kappa shape index (κ3) is 1.44. The Morgan fingerprint density at radius 2 is 2.29 bits per heavy atom. The van der Waals surface area contributed by atoms with Crippen molar-refractivity contribution in [2.45, 2.75) is 0 Å². The van der Waals surface area contributed by atoms with Crippen LogP contribution in [0.15, 0.2) is 29.5 Å². The summed E-state index contributed by atoms with van der Waals surface area (Å²) < 4.78 is 3.23. The second kappa shape index (κ2) is 3.10. The maximum atomic E-state index is 11.0. The van der Waals surface area contributed by atoms with Crippen LogP contribution in [0.25, 0.3) is 5.69 Å². The van der Waals surface area contributed by atoms with Gasteiger partial charge in [-0.25, -0.2) is 4.68 Å². The fourth-order valence-electron chi connectivity index (χ4n) is 1.12. The monoisotopic (exact) mass is 189 g/mol. The molecule has 0 fully saturated rings. The first-order chi connectivity index (χ1) is 6.66. The highest BCUT2D eigenvalue weighted by Crippen LogP contribution is 2.01. The predicted molar refractivity (Wildman–Crippen MR) is 51.1 cm³/mol. The van der Waals surface area contributed by atoms with Gasteiger partial charge >= 0.3 is 0 Å². The number of aromatic nitrogens is 4. The largest absolute Gasteiger partial charge is 0.288 e. The molecule has 0 aromatic carbocycles. The molecule has 0 N–H and O–H groups in total. The summed E-state index contributed by atoms with van der Waals surface area (Å²) in [6, 6.07) is 1.43. The Hall–Kier alpha value is -1.91. The molecule has 1 radical (unpaired) electrons. The minimum absolute atomic E-state index is 0.162. The molecule has 2 aromatic heterocycles. The van der Waals surface area contributed by atoms with Crippen LogP contribution in [0.2, 0.25) is 0 Å². The molecule has 0 aliphatic rings. The van der Waals surface area contributed by atoms with Gasteiger partial charge in [-0.1, -0.05) is 0 Å². The quantitative estimate of drug-likeness (QED) is 0.641. The van der Waals surface area contributed by atoms with Gasteiger partial charge in [0.05, 0.1) is 12.4 Å². The third-order valence-electron chi connectivity index (χ3n) is 1.84. The van der Waals surface area contributed by atoms with Gasteiger partial charge in [0.1, 0.15) is 11.4 Å². The van der Waals surface area contributed by atoms with Crippen LogP contribution in [0.3, 0.4) is 0 Å². The van der Waals surface area contributed by atoms with Crippen LogP contribution < -0.4 is 5.43 Å². The zero-order valence-corrected chi connectivity index (χ0v) is 7.71. The van der Waals surface area contributed by atoms with Crippen LogP contribution in [-0.4, -0.2) is 19.6 Å². The topological polar surface area (TPSA) is 52.7 Å². The van der Waals surface area contributed by atoms with Gasteiger partial charge in [-0.3, -0.25) is 9.48 Å². The van der Waals surface area contributed by atoms with Crippen LogP contribution in [-0.2, 0) is 7.05 Å². The van der Waals surface area contributed by atoms with Gasteiger partial charge in [0.2, 0.25) is 5.43 Å². The summed E-state index contributed by atoms with van der Waals surface area (Å²) >= 11 is 0. The normalized spacial score (nSPS) is 10.4. The Bertz CT molecular complexity index is 512. The standard InChI is InChI=1S/C9H9N4O/c1-7-9(14)3-4-13(11-7)8-5-10-12(2)6-8/h3-6H,1H2,2H3. The summed E-state index contributed by atoms with van der Waals surface area (Å²) in [6.45, 7) is 3.54. The fourth-order valence-corrected chi connectivity index (χ4v) is 1.12. The Morgan fingerprint density at radius 1 is 1.50 bits per heavy atom. The molecule has 0 unspecified atom stereocenters. The average Bonchev–Trinajstić information content (AvgIpc) is 2.57. The van der Waals surface area contributed by atoms with E-state index >= 15 is 0 Å². The first-order valence-electron chi connectivity index (χ1n) is 4.08. The van der Waals surface area contributed by atoms with Gasteiger partial charge in [-0.05, 0) is 0 Å². The molecule has 0 bridgehead atoms. The molecule has 0 saturated carbocycles. The maximum Gasteiger partial charge on any atom is 0.203 e. The van der Waals surface area contributed by atoms with Crippen molar-refractivity contribution in [2.75, 3.05) is 0 Å². The maximum absolute atomic E-state index is 11.0. The highest BCUT2D eigenvalue weighted by Gasteiger charge is 2.00. The lowest BCUT2D eigenvalue weighted by Gasteiger charge is -2.00. The van der Waals surface area contributed by atoms with Crippen molar-refractivity contribution in [1.82, 2.24) is 19.6 Å². The predicted octanol–water partition coefficient (Wildman–Crippen LogP) is 0.148. The SMILES string of the molecule is [CH2]c1nn(-c2cnn(C)c2)ccc1=O. The lowest BCUT2D eigenvalue weighted by molar-refractivity contribution is 0.764. The van der Waals surface area contributed by atoms with E-state index in [4.69, 9.17) is 0 Å². The van der Waals surface area contributed by atoms with Crippen LogP contribution in [0.5, 0.6) is 0 Å². The van der Waals surface area contributed by atoms with Crippen molar-refractivity contribution in [3.05, 3.63) is 47.5 Å². The number of aryl methyl sites for hydroxylation is 1. The summed E-state index contributed by atoms with van der Waals surface area (Å²) in [4.78, 5) is 11.0. The fraction of sp³-hybridized carbons (Fsp3) is 0.111. The van der Waals surface area contributed by atoms with E-state index in [0.29, 0.717) is 0 Å². The van der Waals surface area contributed by atoms with Gasteiger partial charge in [-0.15, -0.1) is 0 Å². The molecule has 71 valence electrons. The first-order valence-corrected chi connectivity index (χ1v) is 4.08. The van der Waals surface area contributed by atoms with Gasteiger partial charge in [-0.2, -0.15) is 10.2 Å². The number of rotatable bonds is 1. The Labute approximate surface area is 80.6 Å². The van der Waals surface area contributed by atoms with Crippen molar-refractivity contribution in [3.63, 3.8) is 0 Å². The van der Waals surface area contributed by atoms with E-state index in [1.54, 1.807) is 28.0 Å². The van der Waals surface area contributed by atoms with Crippen LogP contribution in [0.4, 0.5) is 0 Å². The van der Waals surface area contributed by atoms with Gasteiger partial charge in [0.15, 0.2) is 0 Å². The molecule has 0 saturated heterocycles. The Morgan fingerprint density at radius 3 is 2.86 bits per heavy atom. The molecule has 5 heteroatoms. The molecular formula is C9H9N4O. The highest BCUT2D eigenvalue weighted by molar-refractivity contribution is 5.24. The summed E-state index contributed by atoms with van der Waals surface area (Å²) in [6.07, 6.45) is 5.06. The van der Waals surface area contributed by atoms with E-state index in [-0.39, 0.29) is 11.1 Å². The van der Waals surface area contributed by atoms with Crippen molar-refractivity contribution >= 4 is 0 Å². The second-order valence-corrected chi connectivity index (χ2v) is 2.94. The van der Waals surface area contributed by atoms with Crippen molar-refractivity contribution < 1.29 is 0 Å². The number of nitrogens with zero attached hydrogens (tertiary/aromatic N) is 4. The van der Waals surface area contributed by atoms with E-state index in [1.807, 2.05) is 7.05 Å². The minimum Gasteiger partial charge on any atom is -0.288 e. The highest BCUT2D eigenvalue weighted by atomic mass is 16.1. The van der Waals surface area contributed by atoms with E-state index in [9.17, 15) is 4.79 Å². The molecular weight excluding hydrogens is 180 g/mol. The molecule has 5 nitrogen and oxygen atoms in total.